The van der Waals surface area contributed by atoms with Crippen LogP contribution in [0.3, 0.4) is 0 Å². The van der Waals surface area contributed by atoms with Crippen LogP contribution in [0.5, 0.6) is 0 Å². The molecule has 0 aliphatic heterocycles. The molecule has 0 aromatic carbocycles. The summed E-state index contributed by atoms with van der Waals surface area (Å²) in [5, 5.41) is 5.49. The highest BCUT2D eigenvalue weighted by molar-refractivity contribution is 5.84. The Bertz CT molecular complexity index is 328. The standard InChI is InChI=1S/C14H24N2O2/c1-9(2)16-14(18)8-15-13(17)7-12-6-10-3-4-11(12)5-10/h9-12H,3-8H2,1-2H3,(H,15,17)(H,16,18)/t10-,11+,12-/m1/s1. The van der Waals surface area contributed by atoms with E-state index in [1.165, 1.54) is 25.7 Å². The fourth-order valence-electron chi connectivity index (χ4n) is 3.49. The molecule has 0 saturated heterocycles. The second-order valence-electron chi connectivity index (χ2n) is 6.14. The molecule has 4 heteroatoms. The topological polar surface area (TPSA) is 58.2 Å². The van der Waals surface area contributed by atoms with Gasteiger partial charge in [0.05, 0.1) is 6.54 Å². The number of carbonyl (C=O) groups excluding carboxylic acids is 2. The van der Waals surface area contributed by atoms with Gasteiger partial charge in [-0.15, -0.1) is 0 Å². The molecule has 2 amide bonds. The summed E-state index contributed by atoms with van der Waals surface area (Å²) in [5.74, 6) is 2.14. The van der Waals surface area contributed by atoms with Gasteiger partial charge < -0.3 is 10.6 Å². The molecule has 2 N–H and O–H groups in total. The molecule has 0 aromatic heterocycles. The number of nitrogens with one attached hydrogen (secondary N) is 2. The summed E-state index contributed by atoms with van der Waals surface area (Å²) >= 11 is 0. The first-order valence-electron chi connectivity index (χ1n) is 7.10. The highest BCUT2D eigenvalue weighted by Gasteiger charge is 2.40. The first kappa shape index (κ1) is 13.4. The predicted molar refractivity (Wildman–Crippen MR) is 69.8 cm³/mol. The number of carbonyl (C=O) groups is 2. The summed E-state index contributed by atoms with van der Waals surface area (Å²) < 4.78 is 0. The number of fused-ring (bicyclic) bond motifs is 2. The Balaban J connectivity index is 1.65. The number of hydrogen-bond acceptors (Lipinski definition) is 2. The maximum atomic E-state index is 11.8. The van der Waals surface area contributed by atoms with Crippen LogP contribution in [-0.4, -0.2) is 24.4 Å². The largest absolute Gasteiger partial charge is 0.352 e. The highest BCUT2D eigenvalue weighted by atomic mass is 16.2. The molecular formula is C14H24N2O2. The van der Waals surface area contributed by atoms with Crippen molar-refractivity contribution in [3.05, 3.63) is 0 Å². The van der Waals surface area contributed by atoms with Gasteiger partial charge in [0.25, 0.3) is 0 Å². The van der Waals surface area contributed by atoms with E-state index in [4.69, 9.17) is 0 Å². The zero-order valence-corrected chi connectivity index (χ0v) is 11.4. The minimum Gasteiger partial charge on any atom is -0.352 e. The predicted octanol–water partition coefficient (Wildman–Crippen LogP) is 1.45. The molecular weight excluding hydrogens is 228 g/mol. The van der Waals surface area contributed by atoms with Gasteiger partial charge >= 0.3 is 0 Å². The van der Waals surface area contributed by atoms with Crippen molar-refractivity contribution in [2.24, 2.45) is 17.8 Å². The van der Waals surface area contributed by atoms with Crippen molar-refractivity contribution >= 4 is 11.8 Å². The Morgan fingerprint density at radius 1 is 1.17 bits per heavy atom. The summed E-state index contributed by atoms with van der Waals surface area (Å²) in [5.41, 5.74) is 0. The van der Waals surface area contributed by atoms with Crippen LogP contribution in [0.1, 0.15) is 46.0 Å². The third-order valence-electron chi connectivity index (χ3n) is 4.23. The van der Waals surface area contributed by atoms with Crippen LogP contribution in [0, 0.1) is 17.8 Å². The van der Waals surface area contributed by atoms with Gasteiger partial charge in [0.1, 0.15) is 0 Å². The van der Waals surface area contributed by atoms with Crippen molar-refractivity contribution in [1.29, 1.82) is 0 Å². The summed E-state index contributed by atoms with van der Waals surface area (Å²) in [6, 6.07) is 0.125. The second-order valence-corrected chi connectivity index (χ2v) is 6.14. The van der Waals surface area contributed by atoms with Crippen molar-refractivity contribution < 1.29 is 9.59 Å². The van der Waals surface area contributed by atoms with Crippen LogP contribution >= 0.6 is 0 Å². The number of hydrogen-bond donors (Lipinski definition) is 2. The average molecular weight is 252 g/mol. The monoisotopic (exact) mass is 252 g/mol. The van der Waals surface area contributed by atoms with Crippen molar-refractivity contribution in [2.45, 2.75) is 52.0 Å². The fourth-order valence-corrected chi connectivity index (χ4v) is 3.49. The normalized spacial score (nSPS) is 29.6. The van der Waals surface area contributed by atoms with E-state index in [1.54, 1.807) is 0 Å². The minimum atomic E-state index is -0.105. The Labute approximate surface area is 109 Å². The molecule has 2 fully saturated rings. The second kappa shape index (κ2) is 5.72. The van der Waals surface area contributed by atoms with Gasteiger partial charge in [0, 0.05) is 12.5 Å². The highest BCUT2D eigenvalue weighted by Crippen LogP contribution is 2.49. The summed E-state index contributed by atoms with van der Waals surface area (Å²) in [7, 11) is 0. The Kier molecular flexibility index (Phi) is 4.25. The van der Waals surface area contributed by atoms with Crippen LogP contribution < -0.4 is 10.6 Å². The smallest absolute Gasteiger partial charge is 0.239 e. The molecule has 2 aliphatic rings. The van der Waals surface area contributed by atoms with Crippen LogP contribution in [0.15, 0.2) is 0 Å². The first-order valence-corrected chi connectivity index (χ1v) is 7.10. The number of amides is 2. The van der Waals surface area contributed by atoms with Gasteiger partial charge in [-0.25, -0.2) is 0 Å². The molecule has 0 unspecified atom stereocenters. The molecule has 2 saturated carbocycles. The van der Waals surface area contributed by atoms with E-state index in [2.05, 4.69) is 10.6 Å². The third-order valence-corrected chi connectivity index (χ3v) is 4.23. The van der Waals surface area contributed by atoms with Gasteiger partial charge in [-0.2, -0.15) is 0 Å². The van der Waals surface area contributed by atoms with Crippen molar-refractivity contribution in [3.63, 3.8) is 0 Å². The van der Waals surface area contributed by atoms with Crippen molar-refractivity contribution in [2.75, 3.05) is 6.54 Å². The van der Waals surface area contributed by atoms with Gasteiger partial charge in [-0.05, 0) is 50.9 Å². The fraction of sp³-hybridized carbons (Fsp3) is 0.857. The van der Waals surface area contributed by atoms with E-state index in [0.29, 0.717) is 12.3 Å². The maximum Gasteiger partial charge on any atom is 0.239 e. The van der Waals surface area contributed by atoms with E-state index in [0.717, 1.165) is 11.8 Å². The zero-order valence-electron chi connectivity index (χ0n) is 11.4. The van der Waals surface area contributed by atoms with E-state index >= 15 is 0 Å². The van der Waals surface area contributed by atoms with Crippen molar-refractivity contribution in [1.82, 2.24) is 10.6 Å². The molecule has 2 rings (SSSR count). The molecule has 0 heterocycles. The van der Waals surface area contributed by atoms with Crippen LogP contribution in [0.2, 0.25) is 0 Å². The first-order chi connectivity index (χ1) is 8.54. The molecule has 18 heavy (non-hydrogen) atoms. The minimum absolute atomic E-state index is 0.0338. The quantitative estimate of drug-likeness (QED) is 0.778. The molecule has 4 nitrogen and oxygen atoms in total. The molecule has 0 aromatic rings. The average Bonchev–Trinajstić information content (AvgIpc) is 2.87. The Hall–Kier alpha value is -1.06. The Morgan fingerprint density at radius 3 is 2.50 bits per heavy atom. The van der Waals surface area contributed by atoms with Gasteiger partial charge in [0.2, 0.25) is 11.8 Å². The van der Waals surface area contributed by atoms with Gasteiger partial charge in [0.15, 0.2) is 0 Å². The zero-order chi connectivity index (χ0) is 13.1. The summed E-state index contributed by atoms with van der Waals surface area (Å²) in [4.78, 5) is 23.2. The maximum absolute atomic E-state index is 11.8. The van der Waals surface area contributed by atoms with E-state index in [-0.39, 0.29) is 24.4 Å². The molecule has 0 spiro atoms. The lowest BCUT2D eigenvalue weighted by Crippen LogP contribution is -2.40. The van der Waals surface area contributed by atoms with Crippen LogP contribution in [0.25, 0.3) is 0 Å². The van der Waals surface area contributed by atoms with Crippen LogP contribution in [-0.2, 0) is 9.59 Å². The van der Waals surface area contributed by atoms with E-state index in [1.807, 2.05) is 13.8 Å². The van der Waals surface area contributed by atoms with Crippen LogP contribution in [0.4, 0.5) is 0 Å². The van der Waals surface area contributed by atoms with Crippen molar-refractivity contribution in [3.8, 4) is 0 Å². The summed E-state index contributed by atoms with van der Waals surface area (Å²) in [6.45, 7) is 3.93. The molecule has 102 valence electrons. The number of rotatable bonds is 5. The molecule has 2 bridgehead atoms. The van der Waals surface area contributed by atoms with Gasteiger partial charge in [-0.1, -0.05) is 6.42 Å². The molecule has 0 radical (unpaired) electrons. The van der Waals surface area contributed by atoms with E-state index < -0.39 is 0 Å². The van der Waals surface area contributed by atoms with Gasteiger partial charge in [-0.3, -0.25) is 9.59 Å². The molecule has 3 atom stereocenters. The summed E-state index contributed by atoms with van der Waals surface area (Å²) in [6.07, 6.45) is 5.81. The molecule has 2 aliphatic carbocycles. The Morgan fingerprint density at radius 2 is 1.94 bits per heavy atom. The lowest BCUT2D eigenvalue weighted by Gasteiger charge is -2.20. The lowest BCUT2D eigenvalue weighted by atomic mass is 9.86. The lowest BCUT2D eigenvalue weighted by molar-refractivity contribution is -0.127. The van der Waals surface area contributed by atoms with E-state index in [9.17, 15) is 9.59 Å². The third kappa shape index (κ3) is 3.47. The SMILES string of the molecule is CC(C)NC(=O)CNC(=O)C[C@H]1C[C@@H]2CC[C@H]1C2.